The van der Waals surface area contributed by atoms with Gasteiger partial charge in [-0.2, -0.15) is 5.10 Å². The molecule has 3 rings (SSSR count). The number of carbonyl (C=O) groups is 1. The van der Waals surface area contributed by atoms with Crippen molar-refractivity contribution in [1.29, 1.82) is 0 Å². The maximum Gasteiger partial charge on any atom is 0.150 e. The number of nitrogens with zero attached hydrogens (tertiary/aromatic N) is 3. The molecule has 2 atom stereocenters. The van der Waals surface area contributed by atoms with Crippen LogP contribution in [-0.4, -0.2) is 26.2 Å². The largest absolute Gasteiger partial charge is 0.383 e. The fraction of sp³-hybridized carbons (Fsp3) is 0.438. The van der Waals surface area contributed by atoms with Crippen LogP contribution in [0.25, 0.3) is 0 Å². The molecule has 0 spiro atoms. The molecule has 2 aromatic rings. The zero-order valence-corrected chi connectivity index (χ0v) is 12.0. The lowest BCUT2D eigenvalue weighted by molar-refractivity contribution is -0.0442. The van der Waals surface area contributed by atoms with Gasteiger partial charge in [0.1, 0.15) is 24.5 Å². The van der Waals surface area contributed by atoms with Gasteiger partial charge in [0.05, 0.1) is 6.54 Å². The lowest BCUT2D eigenvalue weighted by atomic mass is 9.79. The summed E-state index contributed by atoms with van der Waals surface area (Å²) in [6.45, 7) is 2.45. The molecule has 2 unspecified atom stereocenters. The Bertz CT molecular complexity index is 605. The lowest BCUT2D eigenvalue weighted by Crippen LogP contribution is -2.39. The number of hydrogen-bond donors (Lipinski definition) is 1. The highest BCUT2D eigenvalue weighted by Gasteiger charge is 2.44. The summed E-state index contributed by atoms with van der Waals surface area (Å²) in [5.74, 6) is 0.674. The quantitative estimate of drug-likeness (QED) is 0.825. The van der Waals surface area contributed by atoms with E-state index in [0.29, 0.717) is 18.0 Å². The molecule has 1 aromatic heterocycles. The summed E-state index contributed by atoms with van der Waals surface area (Å²) >= 11 is 0. The molecule has 0 aliphatic heterocycles. The van der Waals surface area contributed by atoms with Gasteiger partial charge in [0.25, 0.3) is 0 Å². The first-order valence-electron chi connectivity index (χ1n) is 7.24. The van der Waals surface area contributed by atoms with Crippen LogP contribution in [0.15, 0.2) is 36.9 Å². The summed E-state index contributed by atoms with van der Waals surface area (Å²) in [7, 11) is 0. The summed E-state index contributed by atoms with van der Waals surface area (Å²) in [4.78, 5) is 14.7. The van der Waals surface area contributed by atoms with Crippen molar-refractivity contribution >= 4 is 6.29 Å². The van der Waals surface area contributed by atoms with Gasteiger partial charge < -0.3 is 5.11 Å². The minimum atomic E-state index is -1.00. The second kappa shape index (κ2) is 5.41. The van der Waals surface area contributed by atoms with Crippen molar-refractivity contribution in [1.82, 2.24) is 14.8 Å². The molecule has 1 aliphatic carbocycles. The van der Waals surface area contributed by atoms with E-state index >= 15 is 0 Å². The van der Waals surface area contributed by atoms with Crippen LogP contribution in [0.5, 0.6) is 0 Å². The van der Waals surface area contributed by atoms with Crippen LogP contribution in [0.4, 0.5) is 0 Å². The average molecular weight is 285 g/mol. The van der Waals surface area contributed by atoms with Crippen molar-refractivity contribution in [3.05, 3.63) is 48.0 Å². The van der Waals surface area contributed by atoms with E-state index in [1.165, 1.54) is 6.33 Å². The first-order chi connectivity index (χ1) is 10.1. The van der Waals surface area contributed by atoms with Gasteiger partial charge in [0.15, 0.2) is 0 Å². The van der Waals surface area contributed by atoms with Crippen LogP contribution < -0.4 is 0 Å². The molecule has 1 fully saturated rings. The maximum atomic E-state index is 11.3. The fourth-order valence-corrected chi connectivity index (χ4v) is 2.90. The maximum absolute atomic E-state index is 11.3. The Morgan fingerprint density at radius 1 is 1.43 bits per heavy atom. The van der Waals surface area contributed by atoms with Crippen molar-refractivity contribution in [2.45, 2.75) is 31.9 Å². The van der Waals surface area contributed by atoms with Gasteiger partial charge >= 0.3 is 0 Å². The Kier molecular flexibility index (Phi) is 3.59. The highest BCUT2D eigenvalue weighted by atomic mass is 16.3. The number of carbonyl (C=O) groups excluding carboxylic acids is 1. The molecule has 1 saturated carbocycles. The predicted octanol–water partition coefficient (Wildman–Crippen LogP) is 2.02. The van der Waals surface area contributed by atoms with Gasteiger partial charge in [0, 0.05) is 5.56 Å². The topological polar surface area (TPSA) is 68.0 Å². The molecule has 0 saturated heterocycles. The minimum absolute atomic E-state index is 0.129. The van der Waals surface area contributed by atoms with E-state index in [-0.39, 0.29) is 5.92 Å². The van der Waals surface area contributed by atoms with Crippen LogP contribution in [0.2, 0.25) is 0 Å². The molecule has 0 amide bonds. The average Bonchev–Trinajstić information content (AvgIpc) is 3.24. The SMILES string of the molecule is CC(C1CC1)C(O)(Cn1cncn1)c1ccc(C=O)cc1. The molecule has 0 radical (unpaired) electrons. The fourth-order valence-electron chi connectivity index (χ4n) is 2.90. The van der Waals surface area contributed by atoms with Crippen LogP contribution >= 0.6 is 0 Å². The molecular weight excluding hydrogens is 266 g/mol. The van der Waals surface area contributed by atoms with E-state index in [2.05, 4.69) is 17.0 Å². The van der Waals surface area contributed by atoms with Gasteiger partial charge in [-0.3, -0.25) is 4.79 Å². The summed E-state index contributed by atoms with van der Waals surface area (Å²) in [6, 6.07) is 7.15. The normalized spacial score (nSPS) is 19.0. The van der Waals surface area contributed by atoms with Crippen molar-refractivity contribution < 1.29 is 9.90 Å². The molecule has 1 heterocycles. The molecule has 5 heteroatoms. The minimum Gasteiger partial charge on any atom is -0.383 e. The Balaban J connectivity index is 1.95. The first kappa shape index (κ1) is 13.9. The van der Waals surface area contributed by atoms with Gasteiger partial charge in [-0.05, 0) is 30.2 Å². The third-order valence-electron chi connectivity index (χ3n) is 4.50. The number of aldehydes is 1. The molecule has 5 nitrogen and oxygen atoms in total. The lowest BCUT2D eigenvalue weighted by Gasteiger charge is -2.35. The Labute approximate surface area is 123 Å². The third kappa shape index (κ3) is 2.74. The summed E-state index contributed by atoms with van der Waals surface area (Å²) in [5.41, 5.74) is 0.431. The molecular formula is C16H19N3O2. The van der Waals surface area contributed by atoms with E-state index in [1.54, 1.807) is 23.1 Å². The number of benzene rings is 1. The summed E-state index contributed by atoms with van der Waals surface area (Å²) < 4.78 is 1.66. The van der Waals surface area contributed by atoms with Crippen LogP contribution in [0.3, 0.4) is 0 Å². The monoisotopic (exact) mass is 285 g/mol. The van der Waals surface area contributed by atoms with E-state index in [0.717, 1.165) is 24.7 Å². The second-order valence-electron chi connectivity index (χ2n) is 5.88. The smallest absolute Gasteiger partial charge is 0.150 e. The van der Waals surface area contributed by atoms with Crippen molar-refractivity contribution in [2.24, 2.45) is 11.8 Å². The number of aromatic nitrogens is 3. The Hall–Kier alpha value is -2.01. The number of rotatable bonds is 6. The van der Waals surface area contributed by atoms with Crippen molar-refractivity contribution in [3.8, 4) is 0 Å². The highest BCUT2D eigenvalue weighted by Crippen LogP contribution is 2.46. The van der Waals surface area contributed by atoms with Gasteiger partial charge in [-0.1, -0.05) is 31.2 Å². The van der Waals surface area contributed by atoms with Crippen molar-refractivity contribution in [3.63, 3.8) is 0 Å². The van der Waals surface area contributed by atoms with Crippen LogP contribution in [0.1, 0.15) is 35.7 Å². The zero-order chi connectivity index (χ0) is 14.9. The molecule has 110 valence electrons. The zero-order valence-electron chi connectivity index (χ0n) is 12.0. The Morgan fingerprint density at radius 2 is 2.14 bits per heavy atom. The summed E-state index contributed by atoms with van der Waals surface area (Å²) in [6.07, 6.45) is 6.22. The first-order valence-corrected chi connectivity index (χ1v) is 7.24. The van der Waals surface area contributed by atoms with Crippen LogP contribution in [-0.2, 0) is 12.1 Å². The van der Waals surface area contributed by atoms with E-state index in [4.69, 9.17) is 0 Å². The molecule has 1 aliphatic rings. The standard InChI is InChI=1S/C16H19N3O2/c1-12(14-4-5-14)16(21,9-19-11-17-10-18-19)15-6-2-13(8-20)3-7-15/h2-3,6-8,10-12,14,21H,4-5,9H2,1H3. The summed E-state index contributed by atoms with van der Waals surface area (Å²) in [5, 5.41) is 15.4. The number of aliphatic hydroxyl groups is 1. The predicted molar refractivity (Wildman–Crippen MR) is 77.6 cm³/mol. The second-order valence-corrected chi connectivity index (χ2v) is 5.88. The van der Waals surface area contributed by atoms with E-state index in [9.17, 15) is 9.90 Å². The highest BCUT2D eigenvalue weighted by molar-refractivity contribution is 5.74. The van der Waals surface area contributed by atoms with Gasteiger partial charge in [-0.15, -0.1) is 0 Å². The van der Waals surface area contributed by atoms with E-state index < -0.39 is 5.60 Å². The third-order valence-corrected chi connectivity index (χ3v) is 4.50. The van der Waals surface area contributed by atoms with Crippen LogP contribution in [0, 0.1) is 11.8 Å². The van der Waals surface area contributed by atoms with Crippen molar-refractivity contribution in [2.75, 3.05) is 0 Å². The molecule has 21 heavy (non-hydrogen) atoms. The van der Waals surface area contributed by atoms with Gasteiger partial charge in [0.2, 0.25) is 0 Å². The molecule has 0 bridgehead atoms. The molecule has 1 aromatic carbocycles. The Morgan fingerprint density at radius 3 is 2.67 bits per heavy atom. The number of hydrogen-bond acceptors (Lipinski definition) is 4. The molecule has 1 N–H and O–H groups in total. The van der Waals surface area contributed by atoms with E-state index in [1.807, 2.05) is 12.1 Å². The van der Waals surface area contributed by atoms with Gasteiger partial charge in [-0.25, -0.2) is 9.67 Å².